The third kappa shape index (κ3) is 3.17. The number of carbonyl (C=O) groups is 1. The third-order valence-corrected chi connectivity index (χ3v) is 4.31. The van der Waals surface area contributed by atoms with E-state index >= 15 is 0 Å². The molecule has 0 radical (unpaired) electrons. The largest absolute Gasteiger partial charge is 0.508 e. The fourth-order valence-electron chi connectivity index (χ4n) is 2.85. The summed E-state index contributed by atoms with van der Waals surface area (Å²) in [5.41, 5.74) is 6.92. The van der Waals surface area contributed by atoms with Crippen molar-refractivity contribution in [2.45, 2.75) is 44.8 Å². The van der Waals surface area contributed by atoms with Crippen LogP contribution in [0, 0.1) is 17.2 Å². The number of phenols is 1. The summed E-state index contributed by atoms with van der Waals surface area (Å²) in [6, 6.07) is 7.83. The van der Waals surface area contributed by atoms with Crippen molar-refractivity contribution in [3.8, 4) is 11.8 Å². The summed E-state index contributed by atoms with van der Waals surface area (Å²) in [6.07, 6.45) is 1.10. The number of hydrogen-bond donors (Lipinski definition) is 2. The summed E-state index contributed by atoms with van der Waals surface area (Å²) in [6.45, 7) is 4.01. The maximum atomic E-state index is 12.5. The first-order valence-electron chi connectivity index (χ1n) is 7.19. The Kier molecular flexibility index (Phi) is 4.49. The number of rotatable bonds is 3. The number of nitrogens with two attached hydrogens (primary N) is 1. The zero-order valence-corrected chi connectivity index (χ0v) is 12.4. The van der Waals surface area contributed by atoms with Gasteiger partial charge in [0.2, 0.25) is 5.91 Å². The number of carbonyl (C=O) groups excluding carboxylic acids is 1. The van der Waals surface area contributed by atoms with Crippen LogP contribution >= 0.6 is 0 Å². The van der Waals surface area contributed by atoms with Gasteiger partial charge in [-0.1, -0.05) is 19.1 Å². The zero-order valence-electron chi connectivity index (χ0n) is 12.4. The lowest BCUT2D eigenvalue weighted by atomic mass is 10.0. The number of amides is 1. The van der Waals surface area contributed by atoms with Crippen LogP contribution in [0.2, 0.25) is 0 Å². The smallest absolute Gasteiger partial charge is 0.241 e. The molecule has 1 amide bonds. The molecule has 5 nitrogen and oxygen atoms in total. The zero-order chi connectivity index (χ0) is 15.6. The van der Waals surface area contributed by atoms with Gasteiger partial charge in [0.25, 0.3) is 0 Å². The molecule has 0 spiro atoms. The predicted octanol–water partition coefficient (Wildman–Crippen LogP) is 1.41. The van der Waals surface area contributed by atoms with Gasteiger partial charge in [0.15, 0.2) is 0 Å². The van der Waals surface area contributed by atoms with Crippen molar-refractivity contribution in [2.24, 2.45) is 11.7 Å². The third-order valence-electron chi connectivity index (χ3n) is 4.31. The summed E-state index contributed by atoms with van der Waals surface area (Å²) in [4.78, 5) is 14.2. The molecule has 0 bridgehead atoms. The monoisotopic (exact) mass is 287 g/mol. The van der Waals surface area contributed by atoms with Crippen molar-refractivity contribution in [3.05, 3.63) is 29.8 Å². The number of aromatic hydroxyl groups is 1. The number of nitriles is 1. The van der Waals surface area contributed by atoms with E-state index in [2.05, 4.69) is 6.07 Å². The summed E-state index contributed by atoms with van der Waals surface area (Å²) in [7, 11) is 0. The fraction of sp³-hybridized carbons (Fsp3) is 0.500. The van der Waals surface area contributed by atoms with E-state index in [-0.39, 0.29) is 23.7 Å². The van der Waals surface area contributed by atoms with Crippen molar-refractivity contribution in [1.29, 1.82) is 5.26 Å². The van der Waals surface area contributed by atoms with E-state index in [1.807, 2.05) is 13.8 Å². The van der Waals surface area contributed by atoms with Gasteiger partial charge in [-0.3, -0.25) is 4.79 Å². The highest BCUT2D eigenvalue weighted by Crippen LogP contribution is 2.29. The van der Waals surface area contributed by atoms with E-state index in [4.69, 9.17) is 5.73 Å². The minimum atomic E-state index is -0.668. The van der Waals surface area contributed by atoms with Crippen LogP contribution < -0.4 is 5.73 Å². The van der Waals surface area contributed by atoms with E-state index in [9.17, 15) is 15.2 Å². The Morgan fingerprint density at radius 3 is 2.67 bits per heavy atom. The SMILES string of the molecule is CC1[C@@H](C)C[C@@H](C#N)N1C(=O)[C@@H](N)Cc1ccc(O)cc1. The summed E-state index contributed by atoms with van der Waals surface area (Å²) in [5, 5.41) is 18.5. The molecule has 0 aromatic heterocycles. The minimum Gasteiger partial charge on any atom is -0.508 e. The molecule has 1 fully saturated rings. The molecule has 1 unspecified atom stereocenters. The van der Waals surface area contributed by atoms with Gasteiger partial charge in [-0.05, 0) is 43.4 Å². The maximum absolute atomic E-state index is 12.5. The Balaban J connectivity index is 2.08. The van der Waals surface area contributed by atoms with E-state index < -0.39 is 6.04 Å². The highest BCUT2D eigenvalue weighted by atomic mass is 16.3. The summed E-state index contributed by atoms with van der Waals surface area (Å²) < 4.78 is 0. The molecular formula is C16H21N3O2. The molecule has 4 atom stereocenters. The van der Waals surface area contributed by atoms with E-state index in [1.54, 1.807) is 29.2 Å². The number of hydrogen-bond acceptors (Lipinski definition) is 4. The Morgan fingerprint density at radius 1 is 1.48 bits per heavy atom. The van der Waals surface area contributed by atoms with Gasteiger partial charge in [0.1, 0.15) is 11.8 Å². The lowest BCUT2D eigenvalue weighted by Gasteiger charge is -2.28. The van der Waals surface area contributed by atoms with Gasteiger partial charge in [0.05, 0.1) is 12.1 Å². The molecule has 0 aliphatic carbocycles. The lowest BCUT2D eigenvalue weighted by molar-refractivity contribution is -0.134. The molecule has 5 heteroatoms. The van der Waals surface area contributed by atoms with Gasteiger partial charge in [-0.25, -0.2) is 0 Å². The van der Waals surface area contributed by atoms with Crippen LogP contribution in [-0.2, 0) is 11.2 Å². The summed E-state index contributed by atoms with van der Waals surface area (Å²) in [5.74, 6) is 0.316. The van der Waals surface area contributed by atoms with Crippen LogP contribution in [0.3, 0.4) is 0 Å². The second kappa shape index (κ2) is 6.15. The quantitative estimate of drug-likeness (QED) is 0.879. The van der Waals surface area contributed by atoms with Gasteiger partial charge < -0.3 is 15.7 Å². The van der Waals surface area contributed by atoms with E-state index in [0.29, 0.717) is 18.8 Å². The topological polar surface area (TPSA) is 90.4 Å². The molecular weight excluding hydrogens is 266 g/mol. The predicted molar refractivity (Wildman–Crippen MR) is 79.3 cm³/mol. The second-order valence-corrected chi connectivity index (χ2v) is 5.82. The van der Waals surface area contributed by atoms with Gasteiger partial charge in [-0.2, -0.15) is 5.26 Å². The average Bonchev–Trinajstić information content (AvgIpc) is 2.76. The minimum absolute atomic E-state index is 0.0352. The average molecular weight is 287 g/mol. The summed E-state index contributed by atoms with van der Waals surface area (Å²) >= 11 is 0. The molecule has 1 aromatic carbocycles. The molecule has 21 heavy (non-hydrogen) atoms. The van der Waals surface area contributed by atoms with Crippen LogP contribution in [0.4, 0.5) is 0 Å². The van der Waals surface area contributed by atoms with Gasteiger partial charge in [-0.15, -0.1) is 0 Å². The molecule has 1 aliphatic heterocycles. The molecule has 112 valence electrons. The highest BCUT2D eigenvalue weighted by molar-refractivity contribution is 5.83. The maximum Gasteiger partial charge on any atom is 0.241 e. The Bertz CT molecular complexity index is 550. The molecule has 3 N–H and O–H groups in total. The second-order valence-electron chi connectivity index (χ2n) is 5.82. The Labute approximate surface area is 125 Å². The van der Waals surface area contributed by atoms with Gasteiger partial charge in [0, 0.05) is 6.04 Å². The fourth-order valence-corrected chi connectivity index (χ4v) is 2.85. The van der Waals surface area contributed by atoms with Crippen LogP contribution in [0.25, 0.3) is 0 Å². The number of nitrogens with zero attached hydrogens (tertiary/aromatic N) is 2. The Morgan fingerprint density at radius 2 is 2.10 bits per heavy atom. The highest BCUT2D eigenvalue weighted by Gasteiger charge is 2.40. The van der Waals surface area contributed by atoms with Gasteiger partial charge >= 0.3 is 0 Å². The molecule has 2 rings (SSSR count). The number of phenolic OH excluding ortho intramolecular Hbond substituents is 1. The number of benzene rings is 1. The molecule has 1 aromatic rings. The van der Waals surface area contributed by atoms with Crippen molar-refractivity contribution in [1.82, 2.24) is 4.90 Å². The van der Waals surface area contributed by atoms with Crippen molar-refractivity contribution in [2.75, 3.05) is 0 Å². The van der Waals surface area contributed by atoms with Crippen molar-refractivity contribution < 1.29 is 9.90 Å². The van der Waals surface area contributed by atoms with Crippen LogP contribution in [0.5, 0.6) is 5.75 Å². The van der Waals surface area contributed by atoms with Crippen LogP contribution in [-0.4, -0.2) is 34.0 Å². The molecule has 1 saturated heterocycles. The van der Waals surface area contributed by atoms with Crippen LogP contribution in [0.1, 0.15) is 25.8 Å². The first kappa shape index (κ1) is 15.3. The number of likely N-dealkylation sites (tertiary alicyclic amines) is 1. The standard InChI is InChI=1S/C16H21N3O2/c1-10-7-13(9-17)19(11(10)2)16(21)15(18)8-12-3-5-14(20)6-4-12/h3-6,10-11,13,15,20H,7-8,18H2,1-2H3/t10-,11?,13-,15-/m0/s1. The molecule has 1 heterocycles. The van der Waals surface area contributed by atoms with E-state index in [1.165, 1.54) is 0 Å². The Hall–Kier alpha value is -2.06. The molecule has 0 saturated carbocycles. The molecule has 1 aliphatic rings. The van der Waals surface area contributed by atoms with Crippen molar-refractivity contribution in [3.63, 3.8) is 0 Å². The normalized spacial score (nSPS) is 26.4. The first-order chi connectivity index (χ1) is 9.93. The van der Waals surface area contributed by atoms with Crippen LogP contribution in [0.15, 0.2) is 24.3 Å². The van der Waals surface area contributed by atoms with E-state index in [0.717, 1.165) is 5.56 Å². The van der Waals surface area contributed by atoms with Crippen molar-refractivity contribution >= 4 is 5.91 Å². The first-order valence-corrected chi connectivity index (χ1v) is 7.19. The lowest BCUT2D eigenvalue weighted by Crippen LogP contribution is -2.49.